The van der Waals surface area contributed by atoms with Crippen LogP contribution in [0.3, 0.4) is 0 Å². The zero-order chi connectivity index (χ0) is 18.1. The quantitative estimate of drug-likeness (QED) is 0.448. The summed E-state index contributed by atoms with van der Waals surface area (Å²) in [5, 5.41) is 0. The molecule has 0 aliphatic heterocycles. The summed E-state index contributed by atoms with van der Waals surface area (Å²) in [5.41, 5.74) is 12.0. The van der Waals surface area contributed by atoms with Gasteiger partial charge in [-0.2, -0.15) is 16.8 Å². The van der Waals surface area contributed by atoms with Gasteiger partial charge in [-0.3, -0.25) is 9.11 Å². The van der Waals surface area contributed by atoms with Crippen molar-refractivity contribution in [3.05, 3.63) is 53.6 Å². The molecule has 2 aromatic carbocycles. The standard InChI is InChI=1S/C14H16N2O6S2/c15-10-3-1-9(2-4-10)13(8-23(17,18)19)12-6-5-11(16)7-14(12)24(20,21)22/h1-7,13H,8,15-16H2,(H,17,18,19)(H,20,21,22). The Morgan fingerprint density at radius 1 is 0.875 bits per heavy atom. The van der Waals surface area contributed by atoms with E-state index >= 15 is 0 Å². The Kier molecular flexibility index (Phi) is 4.85. The van der Waals surface area contributed by atoms with Gasteiger partial charge in [0, 0.05) is 17.3 Å². The van der Waals surface area contributed by atoms with Crippen LogP contribution in [0.5, 0.6) is 0 Å². The molecule has 0 aliphatic carbocycles. The average molecular weight is 372 g/mol. The van der Waals surface area contributed by atoms with E-state index in [1.807, 2.05) is 0 Å². The summed E-state index contributed by atoms with van der Waals surface area (Å²) in [6.45, 7) is 0. The van der Waals surface area contributed by atoms with Crippen LogP contribution in [0.25, 0.3) is 0 Å². The van der Waals surface area contributed by atoms with Gasteiger partial charge in [-0.1, -0.05) is 18.2 Å². The molecule has 0 saturated carbocycles. The van der Waals surface area contributed by atoms with Crippen molar-refractivity contribution in [2.24, 2.45) is 0 Å². The first-order valence-electron chi connectivity index (χ1n) is 6.65. The number of nitrogen functional groups attached to an aromatic ring is 2. The molecule has 8 nitrogen and oxygen atoms in total. The first kappa shape index (κ1) is 18.2. The molecule has 2 aromatic rings. The summed E-state index contributed by atoms with van der Waals surface area (Å²) in [6.07, 6.45) is 0. The lowest BCUT2D eigenvalue weighted by Gasteiger charge is -2.19. The summed E-state index contributed by atoms with van der Waals surface area (Å²) in [7, 11) is -9.09. The maximum Gasteiger partial charge on any atom is 0.294 e. The van der Waals surface area contributed by atoms with Crippen LogP contribution >= 0.6 is 0 Å². The largest absolute Gasteiger partial charge is 0.399 e. The predicted octanol–water partition coefficient (Wildman–Crippen LogP) is 1.12. The van der Waals surface area contributed by atoms with E-state index in [1.165, 1.54) is 36.4 Å². The Labute approximate surface area is 139 Å². The van der Waals surface area contributed by atoms with Gasteiger partial charge >= 0.3 is 0 Å². The summed E-state index contributed by atoms with van der Waals surface area (Å²) in [6, 6.07) is 9.74. The minimum Gasteiger partial charge on any atom is -0.399 e. The molecule has 0 aromatic heterocycles. The highest BCUT2D eigenvalue weighted by molar-refractivity contribution is 7.86. The molecular weight excluding hydrogens is 356 g/mol. The van der Waals surface area contributed by atoms with Crippen molar-refractivity contribution in [3.63, 3.8) is 0 Å². The third kappa shape index (κ3) is 4.45. The minimum absolute atomic E-state index is 0.00547. The van der Waals surface area contributed by atoms with Gasteiger partial charge in [0.05, 0.1) is 10.6 Å². The molecule has 0 heterocycles. The van der Waals surface area contributed by atoms with Crippen LogP contribution in [0.15, 0.2) is 47.4 Å². The third-order valence-electron chi connectivity index (χ3n) is 3.41. The highest BCUT2D eigenvalue weighted by Gasteiger charge is 2.27. The van der Waals surface area contributed by atoms with Crippen LogP contribution in [0.1, 0.15) is 17.0 Å². The van der Waals surface area contributed by atoms with Gasteiger partial charge in [0.1, 0.15) is 0 Å². The van der Waals surface area contributed by atoms with E-state index in [1.54, 1.807) is 0 Å². The maximum absolute atomic E-state index is 11.6. The monoisotopic (exact) mass is 372 g/mol. The number of nitrogens with two attached hydrogens (primary N) is 2. The molecule has 10 heteroatoms. The Bertz CT molecular complexity index is 953. The molecule has 0 aliphatic rings. The van der Waals surface area contributed by atoms with Gasteiger partial charge in [-0.25, -0.2) is 0 Å². The van der Waals surface area contributed by atoms with Crippen molar-refractivity contribution in [3.8, 4) is 0 Å². The molecule has 130 valence electrons. The molecule has 0 spiro atoms. The van der Waals surface area contributed by atoms with E-state index in [4.69, 9.17) is 11.5 Å². The molecule has 1 atom stereocenters. The summed E-state index contributed by atoms with van der Waals surface area (Å²) in [4.78, 5) is -0.520. The summed E-state index contributed by atoms with van der Waals surface area (Å²) < 4.78 is 64.7. The van der Waals surface area contributed by atoms with Gasteiger partial charge < -0.3 is 11.5 Å². The van der Waals surface area contributed by atoms with Crippen LogP contribution in [0, 0.1) is 0 Å². The van der Waals surface area contributed by atoms with Crippen molar-refractivity contribution in [2.75, 3.05) is 17.2 Å². The van der Waals surface area contributed by atoms with E-state index in [9.17, 15) is 25.9 Å². The van der Waals surface area contributed by atoms with E-state index < -0.39 is 36.8 Å². The molecule has 0 bridgehead atoms. The predicted molar refractivity (Wildman–Crippen MR) is 89.8 cm³/mol. The lowest BCUT2D eigenvalue weighted by Crippen LogP contribution is -2.18. The van der Waals surface area contributed by atoms with E-state index in [-0.39, 0.29) is 11.3 Å². The Morgan fingerprint density at radius 3 is 1.92 bits per heavy atom. The smallest absolute Gasteiger partial charge is 0.294 e. The molecule has 0 radical (unpaired) electrons. The molecule has 6 N–H and O–H groups in total. The lowest BCUT2D eigenvalue weighted by molar-refractivity contribution is 0.474. The van der Waals surface area contributed by atoms with E-state index in [0.717, 1.165) is 6.07 Å². The molecule has 0 saturated heterocycles. The van der Waals surface area contributed by atoms with Gasteiger partial charge in [0.25, 0.3) is 20.2 Å². The van der Waals surface area contributed by atoms with Crippen LogP contribution in [0.2, 0.25) is 0 Å². The number of rotatable bonds is 5. The van der Waals surface area contributed by atoms with Crippen molar-refractivity contribution in [1.29, 1.82) is 0 Å². The van der Waals surface area contributed by atoms with Gasteiger partial charge in [0.15, 0.2) is 0 Å². The second-order valence-corrected chi connectivity index (χ2v) is 8.13. The Hall–Kier alpha value is -2.14. The van der Waals surface area contributed by atoms with Crippen molar-refractivity contribution in [2.45, 2.75) is 10.8 Å². The fourth-order valence-corrected chi connectivity index (χ4v) is 3.95. The van der Waals surface area contributed by atoms with Crippen LogP contribution in [-0.4, -0.2) is 31.7 Å². The molecule has 0 fully saturated rings. The first-order chi connectivity index (χ1) is 11.0. The Morgan fingerprint density at radius 2 is 1.42 bits per heavy atom. The van der Waals surface area contributed by atoms with Crippen molar-refractivity contribution in [1.82, 2.24) is 0 Å². The van der Waals surface area contributed by atoms with Crippen molar-refractivity contribution >= 4 is 31.6 Å². The van der Waals surface area contributed by atoms with E-state index in [0.29, 0.717) is 11.3 Å². The number of hydrogen-bond donors (Lipinski definition) is 4. The lowest BCUT2D eigenvalue weighted by atomic mass is 9.92. The molecular formula is C14H16N2O6S2. The van der Waals surface area contributed by atoms with E-state index in [2.05, 4.69) is 0 Å². The van der Waals surface area contributed by atoms with Crippen LogP contribution < -0.4 is 11.5 Å². The first-order valence-corrected chi connectivity index (χ1v) is 9.70. The summed E-state index contributed by atoms with van der Waals surface area (Å²) in [5.74, 6) is -1.82. The maximum atomic E-state index is 11.6. The summed E-state index contributed by atoms with van der Waals surface area (Å²) >= 11 is 0. The molecule has 0 amide bonds. The van der Waals surface area contributed by atoms with Gasteiger partial charge in [-0.15, -0.1) is 0 Å². The zero-order valence-corrected chi connectivity index (χ0v) is 14.0. The fraction of sp³-hybridized carbons (Fsp3) is 0.143. The highest BCUT2D eigenvalue weighted by atomic mass is 32.2. The number of hydrogen-bond acceptors (Lipinski definition) is 6. The number of benzene rings is 2. The highest BCUT2D eigenvalue weighted by Crippen LogP contribution is 2.32. The number of anilines is 2. The second-order valence-electron chi connectivity index (χ2n) is 5.24. The second kappa shape index (κ2) is 6.40. The van der Waals surface area contributed by atoms with Gasteiger partial charge in [-0.05, 0) is 35.4 Å². The minimum atomic E-state index is -4.65. The molecule has 2 rings (SSSR count). The average Bonchev–Trinajstić information content (AvgIpc) is 2.44. The normalized spacial score (nSPS) is 13.6. The fourth-order valence-electron chi connectivity index (χ4n) is 2.37. The van der Waals surface area contributed by atoms with Crippen molar-refractivity contribution < 1.29 is 25.9 Å². The Balaban J connectivity index is 2.71. The van der Waals surface area contributed by atoms with Crippen LogP contribution in [-0.2, 0) is 20.2 Å². The van der Waals surface area contributed by atoms with Crippen LogP contribution in [0.4, 0.5) is 11.4 Å². The van der Waals surface area contributed by atoms with Gasteiger partial charge in [0.2, 0.25) is 0 Å². The topological polar surface area (TPSA) is 161 Å². The zero-order valence-electron chi connectivity index (χ0n) is 12.3. The molecule has 24 heavy (non-hydrogen) atoms. The third-order valence-corrected chi connectivity index (χ3v) is 5.07. The SMILES string of the molecule is Nc1ccc(C(CS(=O)(=O)O)c2ccc(N)cc2S(=O)(=O)O)cc1. The molecule has 1 unspecified atom stereocenters.